The zero-order valence-electron chi connectivity index (χ0n) is 10.7. The molecule has 92 valence electrons. The molecular formula is C13H19N3S. The molecule has 0 atom stereocenters. The smallest absolute Gasteiger partial charge is 0.0937 e. The Balaban J connectivity index is 1.80. The van der Waals surface area contributed by atoms with E-state index in [4.69, 9.17) is 0 Å². The van der Waals surface area contributed by atoms with Crippen LogP contribution in [0.25, 0.3) is 0 Å². The second-order valence-corrected chi connectivity index (χ2v) is 5.29. The van der Waals surface area contributed by atoms with Crippen LogP contribution in [-0.4, -0.2) is 16.1 Å². The summed E-state index contributed by atoms with van der Waals surface area (Å²) < 4.78 is 2.23. The van der Waals surface area contributed by atoms with Gasteiger partial charge in [-0.2, -0.15) is 0 Å². The molecule has 0 saturated heterocycles. The number of nitrogens with one attached hydrogen (secondary N) is 1. The van der Waals surface area contributed by atoms with Crippen LogP contribution < -0.4 is 5.32 Å². The molecule has 2 aromatic rings. The van der Waals surface area contributed by atoms with Crippen LogP contribution in [0, 0.1) is 13.8 Å². The van der Waals surface area contributed by atoms with Gasteiger partial charge >= 0.3 is 0 Å². The quantitative estimate of drug-likeness (QED) is 0.825. The minimum atomic E-state index is 0.943. The molecule has 0 unspecified atom stereocenters. The van der Waals surface area contributed by atoms with Crippen molar-refractivity contribution in [2.45, 2.75) is 26.8 Å². The van der Waals surface area contributed by atoms with E-state index in [1.807, 2.05) is 11.6 Å². The molecule has 0 aromatic carbocycles. The number of nitrogens with zero attached hydrogens (tertiary/aromatic N) is 2. The lowest BCUT2D eigenvalue weighted by Crippen LogP contribution is -2.17. The summed E-state index contributed by atoms with van der Waals surface area (Å²) in [6, 6.07) is 2.26. The van der Waals surface area contributed by atoms with Crippen LogP contribution in [0.2, 0.25) is 0 Å². The van der Waals surface area contributed by atoms with Gasteiger partial charge in [0.05, 0.1) is 5.01 Å². The molecular weight excluding hydrogens is 230 g/mol. The zero-order chi connectivity index (χ0) is 12.3. The summed E-state index contributed by atoms with van der Waals surface area (Å²) in [5, 5.41) is 6.71. The van der Waals surface area contributed by atoms with E-state index in [0.29, 0.717) is 0 Å². The van der Waals surface area contributed by atoms with Gasteiger partial charge in [0.25, 0.3) is 0 Å². The number of hydrogen-bond donors (Lipinski definition) is 1. The molecule has 0 amide bonds. The summed E-state index contributed by atoms with van der Waals surface area (Å²) in [5.41, 5.74) is 4.06. The molecule has 17 heavy (non-hydrogen) atoms. The molecule has 2 aromatic heterocycles. The topological polar surface area (TPSA) is 29.9 Å². The lowest BCUT2D eigenvalue weighted by atomic mass is 10.2. The molecule has 4 heteroatoms. The third-order valence-corrected chi connectivity index (χ3v) is 4.03. The maximum absolute atomic E-state index is 4.27. The summed E-state index contributed by atoms with van der Waals surface area (Å²) >= 11 is 1.72. The van der Waals surface area contributed by atoms with Gasteiger partial charge < -0.3 is 9.88 Å². The maximum Gasteiger partial charge on any atom is 0.0937 e. The second-order valence-electron chi connectivity index (χ2n) is 4.31. The molecule has 2 rings (SSSR count). The highest BCUT2D eigenvalue weighted by molar-refractivity contribution is 7.09. The molecule has 0 aliphatic rings. The van der Waals surface area contributed by atoms with Gasteiger partial charge in [-0.1, -0.05) is 0 Å². The third kappa shape index (κ3) is 2.96. The molecule has 2 heterocycles. The first-order valence-corrected chi connectivity index (χ1v) is 6.77. The number of rotatable bonds is 5. The summed E-state index contributed by atoms with van der Waals surface area (Å²) in [4.78, 5) is 4.27. The Kier molecular flexibility index (Phi) is 3.97. The van der Waals surface area contributed by atoms with Crippen LogP contribution in [0.15, 0.2) is 17.6 Å². The van der Waals surface area contributed by atoms with Crippen molar-refractivity contribution < 1.29 is 0 Å². The van der Waals surface area contributed by atoms with E-state index < -0.39 is 0 Å². The van der Waals surface area contributed by atoms with Crippen molar-refractivity contribution in [3.05, 3.63) is 39.6 Å². The molecule has 0 aliphatic carbocycles. The first-order chi connectivity index (χ1) is 8.18. The molecule has 0 saturated carbocycles. The van der Waals surface area contributed by atoms with Crippen molar-refractivity contribution in [3.63, 3.8) is 0 Å². The fourth-order valence-corrected chi connectivity index (χ4v) is 2.53. The van der Waals surface area contributed by atoms with Crippen molar-refractivity contribution in [2.24, 2.45) is 7.05 Å². The minimum Gasteiger partial charge on any atom is -0.352 e. The van der Waals surface area contributed by atoms with E-state index in [1.54, 1.807) is 11.3 Å². The molecule has 0 bridgehead atoms. The Labute approximate surface area is 107 Å². The van der Waals surface area contributed by atoms with Gasteiger partial charge in [-0.25, -0.2) is 4.98 Å². The first kappa shape index (κ1) is 12.3. The predicted octanol–water partition coefficient (Wildman–Crippen LogP) is 2.43. The highest BCUT2D eigenvalue weighted by Gasteiger charge is 2.05. The van der Waals surface area contributed by atoms with Crippen LogP contribution in [-0.2, 0) is 20.0 Å². The fraction of sp³-hybridized carbons (Fsp3) is 0.462. The lowest BCUT2D eigenvalue weighted by Gasteiger charge is -2.04. The van der Waals surface area contributed by atoms with E-state index in [1.165, 1.54) is 22.0 Å². The van der Waals surface area contributed by atoms with Gasteiger partial charge in [0.1, 0.15) is 0 Å². The number of hydrogen-bond acceptors (Lipinski definition) is 3. The average molecular weight is 249 g/mol. The number of thiazole rings is 1. The molecule has 3 nitrogen and oxygen atoms in total. The van der Waals surface area contributed by atoms with Crippen LogP contribution in [0.3, 0.4) is 0 Å². The van der Waals surface area contributed by atoms with E-state index in [0.717, 1.165) is 19.5 Å². The Hall–Kier alpha value is -1.13. The molecule has 1 N–H and O–H groups in total. The molecule has 0 radical (unpaired) electrons. The van der Waals surface area contributed by atoms with Gasteiger partial charge in [0.15, 0.2) is 0 Å². The Morgan fingerprint density at radius 2 is 2.24 bits per heavy atom. The van der Waals surface area contributed by atoms with Gasteiger partial charge in [0.2, 0.25) is 0 Å². The van der Waals surface area contributed by atoms with E-state index in [2.05, 4.69) is 41.8 Å². The third-order valence-electron chi connectivity index (χ3n) is 3.19. The van der Waals surface area contributed by atoms with Crippen LogP contribution in [0.1, 0.15) is 22.0 Å². The largest absolute Gasteiger partial charge is 0.352 e. The average Bonchev–Trinajstić information content (AvgIpc) is 2.90. The van der Waals surface area contributed by atoms with Crippen LogP contribution >= 0.6 is 11.3 Å². The van der Waals surface area contributed by atoms with Gasteiger partial charge in [-0.3, -0.25) is 0 Å². The fourth-order valence-electron chi connectivity index (χ4n) is 1.91. The number of aryl methyl sites for hydroxylation is 1. The summed E-state index contributed by atoms with van der Waals surface area (Å²) in [6.07, 6.45) is 2.88. The van der Waals surface area contributed by atoms with Crippen molar-refractivity contribution in [1.82, 2.24) is 14.9 Å². The first-order valence-electron chi connectivity index (χ1n) is 5.89. The standard InChI is InChI=1S/C13H19N3S/c1-10-8-12(11(2)16(10)3)9-14-5-4-13-15-6-7-17-13/h6-8,14H,4-5,9H2,1-3H3. The highest BCUT2D eigenvalue weighted by atomic mass is 32.1. The maximum atomic E-state index is 4.27. The predicted molar refractivity (Wildman–Crippen MR) is 72.4 cm³/mol. The van der Waals surface area contributed by atoms with E-state index in [9.17, 15) is 0 Å². The molecule has 0 spiro atoms. The number of aromatic nitrogens is 2. The summed E-state index contributed by atoms with van der Waals surface area (Å²) in [6.45, 7) is 6.25. The zero-order valence-corrected chi connectivity index (χ0v) is 11.5. The SMILES string of the molecule is Cc1cc(CNCCc2nccs2)c(C)n1C. The van der Waals surface area contributed by atoms with Crippen molar-refractivity contribution in [2.75, 3.05) is 6.54 Å². The van der Waals surface area contributed by atoms with Gasteiger partial charge in [0, 0.05) is 49.5 Å². The molecule has 0 fully saturated rings. The van der Waals surface area contributed by atoms with Gasteiger partial charge in [-0.15, -0.1) is 11.3 Å². The van der Waals surface area contributed by atoms with E-state index >= 15 is 0 Å². The summed E-state index contributed by atoms with van der Waals surface area (Å²) in [5.74, 6) is 0. The Morgan fingerprint density at radius 1 is 1.41 bits per heavy atom. The highest BCUT2D eigenvalue weighted by Crippen LogP contribution is 2.12. The van der Waals surface area contributed by atoms with Crippen molar-refractivity contribution in [3.8, 4) is 0 Å². The van der Waals surface area contributed by atoms with Crippen molar-refractivity contribution in [1.29, 1.82) is 0 Å². The molecule has 0 aliphatic heterocycles. The Bertz CT molecular complexity index is 471. The normalized spacial score (nSPS) is 11.0. The lowest BCUT2D eigenvalue weighted by molar-refractivity contribution is 0.680. The van der Waals surface area contributed by atoms with Crippen LogP contribution in [0.5, 0.6) is 0 Å². The Morgan fingerprint density at radius 3 is 2.82 bits per heavy atom. The van der Waals surface area contributed by atoms with E-state index in [-0.39, 0.29) is 0 Å². The van der Waals surface area contributed by atoms with Crippen LogP contribution in [0.4, 0.5) is 0 Å². The van der Waals surface area contributed by atoms with Crippen molar-refractivity contribution >= 4 is 11.3 Å². The monoisotopic (exact) mass is 249 g/mol. The van der Waals surface area contributed by atoms with Gasteiger partial charge in [-0.05, 0) is 25.5 Å². The second kappa shape index (κ2) is 5.47. The summed E-state index contributed by atoms with van der Waals surface area (Å²) in [7, 11) is 2.11. The minimum absolute atomic E-state index is 0.943.